The summed E-state index contributed by atoms with van der Waals surface area (Å²) >= 11 is 5.70. The predicted octanol–water partition coefficient (Wildman–Crippen LogP) is 1.63. The Morgan fingerprint density at radius 3 is 2.55 bits per heavy atom. The lowest BCUT2D eigenvalue weighted by Crippen LogP contribution is -2.42. The molecule has 0 bridgehead atoms. The highest BCUT2D eigenvalue weighted by Crippen LogP contribution is 2.02. The number of alkyl halides is 1. The summed E-state index contributed by atoms with van der Waals surface area (Å²) in [7, 11) is 0. The van der Waals surface area contributed by atoms with E-state index in [4.69, 9.17) is 16.3 Å². The molecule has 0 heterocycles. The summed E-state index contributed by atoms with van der Waals surface area (Å²) in [5, 5.41) is 3.29. The molecule has 3 heteroatoms. The van der Waals surface area contributed by atoms with Gasteiger partial charge < -0.3 is 10.1 Å². The van der Waals surface area contributed by atoms with E-state index >= 15 is 0 Å². The Kier molecular flexibility index (Phi) is 5.92. The third-order valence-corrected chi connectivity index (χ3v) is 2.06. The van der Waals surface area contributed by atoms with Gasteiger partial charge in [0.25, 0.3) is 0 Å². The van der Waals surface area contributed by atoms with Crippen molar-refractivity contribution in [1.82, 2.24) is 5.32 Å². The molecular weight excluding hydrogens is 162 g/mol. The summed E-state index contributed by atoms with van der Waals surface area (Å²) in [5.74, 6) is 0.624. The third-order valence-electron chi connectivity index (χ3n) is 1.39. The lowest BCUT2D eigenvalue weighted by molar-refractivity contribution is 0.144. The molecule has 11 heavy (non-hydrogen) atoms. The van der Waals surface area contributed by atoms with E-state index in [9.17, 15) is 0 Å². The van der Waals surface area contributed by atoms with Crippen LogP contribution in [0.25, 0.3) is 0 Å². The first-order valence-electron chi connectivity index (χ1n) is 4.01. The van der Waals surface area contributed by atoms with Gasteiger partial charge in [-0.25, -0.2) is 0 Å². The second kappa shape index (κ2) is 5.81. The SMILES string of the molecule is CCOCCNC(C)(C)CCl. The molecule has 0 aromatic carbocycles. The Morgan fingerprint density at radius 2 is 2.09 bits per heavy atom. The van der Waals surface area contributed by atoms with E-state index in [1.54, 1.807) is 0 Å². The Morgan fingerprint density at radius 1 is 1.45 bits per heavy atom. The Balaban J connectivity index is 3.23. The minimum Gasteiger partial charge on any atom is -0.380 e. The Bertz CT molecular complexity index is 96.1. The molecule has 0 atom stereocenters. The molecule has 0 saturated heterocycles. The number of hydrogen-bond acceptors (Lipinski definition) is 2. The first kappa shape index (κ1) is 11.2. The van der Waals surface area contributed by atoms with Gasteiger partial charge in [-0.3, -0.25) is 0 Å². The molecule has 0 spiro atoms. The average Bonchev–Trinajstić information content (AvgIpc) is 1.99. The van der Waals surface area contributed by atoms with Crippen molar-refractivity contribution in [2.45, 2.75) is 26.3 Å². The highest BCUT2D eigenvalue weighted by atomic mass is 35.5. The second-order valence-corrected chi connectivity index (χ2v) is 3.41. The normalized spacial score (nSPS) is 12.0. The van der Waals surface area contributed by atoms with Crippen LogP contribution in [0.2, 0.25) is 0 Å². The highest BCUT2D eigenvalue weighted by molar-refractivity contribution is 6.18. The second-order valence-electron chi connectivity index (χ2n) is 3.14. The van der Waals surface area contributed by atoms with Gasteiger partial charge in [0.2, 0.25) is 0 Å². The first-order chi connectivity index (χ1) is 5.12. The van der Waals surface area contributed by atoms with Crippen LogP contribution in [0.15, 0.2) is 0 Å². The maximum atomic E-state index is 5.70. The monoisotopic (exact) mass is 179 g/mol. The van der Waals surface area contributed by atoms with E-state index in [0.717, 1.165) is 19.8 Å². The van der Waals surface area contributed by atoms with Crippen LogP contribution in [0.4, 0.5) is 0 Å². The van der Waals surface area contributed by atoms with E-state index in [2.05, 4.69) is 19.2 Å². The molecule has 0 amide bonds. The van der Waals surface area contributed by atoms with Crippen LogP contribution < -0.4 is 5.32 Å². The molecular formula is C8H18ClNO. The summed E-state index contributed by atoms with van der Waals surface area (Å²) in [6.07, 6.45) is 0. The van der Waals surface area contributed by atoms with Crippen molar-refractivity contribution in [1.29, 1.82) is 0 Å². The molecule has 1 N–H and O–H groups in total. The topological polar surface area (TPSA) is 21.3 Å². The zero-order valence-corrected chi connectivity index (χ0v) is 8.37. The van der Waals surface area contributed by atoms with Crippen molar-refractivity contribution in [2.24, 2.45) is 0 Å². The average molecular weight is 180 g/mol. The van der Waals surface area contributed by atoms with Crippen molar-refractivity contribution >= 4 is 11.6 Å². The van der Waals surface area contributed by atoms with E-state index < -0.39 is 0 Å². The molecule has 2 nitrogen and oxygen atoms in total. The maximum Gasteiger partial charge on any atom is 0.0590 e. The number of rotatable bonds is 6. The van der Waals surface area contributed by atoms with Crippen LogP contribution in [0.5, 0.6) is 0 Å². The minimum absolute atomic E-state index is 0.0264. The predicted molar refractivity (Wildman–Crippen MR) is 49.3 cm³/mol. The van der Waals surface area contributed by atoms with E-state index in [-0.39, 0.29) is 5.54 Å². The van der Waals surface area contributed by atoms with Crippen LogP contribution in [-0.4, -0.2) is 31.2 Å². The fourth-order valence-corrected chi connectivity index (χ4v) is 0.748. The van der Waals surface area contributed by atoms with Crippen molar-refractivity contribution in [3.63, 3.8) is 0 Å². The summed E-state index contributed by atoms with van der Waals surface area (Å²) in [6.45, 7) is 8.55. The van der Waals surface area contributed by atoms with Gasteiger partial charge in [0, 0.05) is 24.6 Å². The summed E-state index contributed by atoms with van der Waals surface area (Å²) in [4.78, 5) is 0. The molecule has 0 aliphatic carbocycles. The molecule has 0 rings (SSSR count). The third kappa shape index (κ3) is 6.60. The van der Waals surface area contributed by atoms with Crippen LogP contribution >= 0.6 is 11.6 Å². The number of nitrogens with one attached hydrogen (secondary N) is 1. The molecule has 0 fully saturated rings. The fourth-order valence-electron chi connectivity index (χ4n) is 0.653. The summed E-state index contributed by atoms with van der Waals surface area (Å²) in [5.41, 5.74) is 0.0264. The van der Waals surface area contributed by atoms with Gasteiger partial charge in [-0.05, 0) is 20.8 Å². The van der Waals surface area contributed by atoms with E-state index in [1.807, 2.05) is 6.92 Å². The van der Waals surface area contributed by atoms with Gasteiger partial charge in [0.15, 0.2) is 0 Å². The Hall–Kier alpha value is 0.210. The Labute approximate surface area is 74.3 Å². The molecule has 68 valence electrons. The van der Waals surface area contributed by atoms with Crippen molar-refractivity contribution in [2.75, 3.05) is 25.6 Å². The summed E-state index contributed by atoms with van der Waals surface area (Å²) in [6, 6.07) is 0. The van der Waals surface area contributed by atoms with Gasteiger partial charge in [0.05, 0.1) is 6.61 Å². The van der Waals surface area contributed by atoms with E-state index in [0.29, 0.717) is 5.88 Å². The fraction of sp³-hybridized carbons (Fsp3) is 1.00. The quantitative estimate of drug-likeness (QED) is 0.495. The number of hydrogen-bond donors (Lipinski definition) is 1. The lowest BCUT2D eigenvalue weighted by atomic mass is 10.1. The zero-order valence-electron chi connectivity index (χ0n) is 7.61. The minimum atomic E-state index is 0.0264. The molecule has 0 aromatic heterocycles. The van der Waals surface area contributed by atoms with Crippen LogP contribution in [0, 0.1) is 0 Å². The van der Waals surface area contributed by atoms with E-state index in [1.165, 1.54) is 0 Å². The largest absolute Gasteiger partial charge is 0.380 e. The zero-order chi connectivity index (χ0) is 8.74. The van der Waals surface area contributed by atoms with Crippen LogP contribution in [0.1, 0.15) is 20.8 Å². The van der Waals surface area contributed by atoms with Crippen molar-refractivity contribution in [3.05, 3.63) is 0 Å². The van der Waals surface area contributed by atoms with Gasteiger partial charge in [-0.1, -0.05) is 0 Å². The number of ether oxygens (including phenoxy) is 1. The van der Waals surface area contributed by atoms with Crippen molar-refractivity contribution < 1.29 is 4.74 Å². The lowest BCUT2D eigenvalue weighted by Gasteiger charge is -2.23. The molecule has 0 radical (unpaired) electrons. The molecule has 0 aliphatic heterocycles. The van der Waals surface area contributed by atoms with Gasteiger partial charge >= 0.3 is 0 Å². The van der Waals surface area contributed by atoms with Gasteiger partial charge in [-0.2, -0.15) is 0 Å². The standard InChI is InChI=1S/C8H18ClNO/c1-4-11-6-5-10-8(2,3)7-9/h10H,4-7H2,1-3H3. The summed E-state index contributed by atoms with van der Waals surface area (Å²) < 4.78 is 5.17. The van der Waals surface area contributed by atoms with Gasteiger partial charge in [0.1, 0.15) is 0 Å². The molecule has 0 aliphatic rings. The first-order valence-corrected chi connectivity index (χ1v) is 4.54. The molecule has 0 unspecified atom stereocenters. The van der Waals surface area contributed by atoms with Crippen LogP contribution in [-0.2, 0) is 4.74 Å². The smallest absolute Gasteiger partial charge is 0.0590 e. The number of halogens is 1. The van der Waals surface area contributed by atoms with Gasteiger partial charge in [-0.15, -0.1) is 11.6 Å². The molecule has 0 saturated carbocycles. The maximum absolute atomic E-state index is 5.70. The van der Waals surface area contributed by atoms with Crippen LogP contribution in [0.3, 0.4) is 0 Å². The van der Waals surface area contributed by atoms with Crippen molar-refractivity contribution in [3.8, 4) is 0 Å². The highest BCUT2D eigenvalue weighted by Gasteiger charge is 2.13. The molecule has 0 aromatic rings.